The summed E-state index contributed by atoms with van der Waals surface area (Å²) in [6, 6.07) is 5.76. The van der Waals surface area contributed by atoms with Gasteiger partial charge in [0.05, 0.1) is 12.5 Å². The van der Waals surface area contributed by atoms with Crippen molar-refractivity contribution in [1.29, 1.82) is 0 Å². The molecule has 1 fully saturated rings. The smallest absolute Gasteiger partial charge is 0.328 e. The number of imide groups is 1. The van der Waals surface area contributed by atoms with Crippen molar-refractivity contribution in [1.82, 2.24) is 10.2 Å². The van der Waals surface area contributed by atoms with Crippen LogP contribution in [-0.4, -0.2) is 46.4 Å². The highest BCUT2D eigenvalue weighted by Gasteiger charge is 2.41. The quantitative estimate of drug-likeness (QED) is 0.521. The van der Waals surface area contributed by atoms with Gasteiger partial charge in [0.15, 0.2) is 0 Å². The molecule has 25 heavy (non-hydrogen) atoms. The first-order chi connectivity index (χ1) is 11.9. The number of hydrogen-bond donors (Lipinski definition) is 4. The molecule has 9 nitrogen and oxygen atoms in total. The summed E-state index contributed by atoms with van der Waals surface area (Å²) in [5, 5.41) is 13.6. The van der Waals surface area contributed by atoms with Crippen LogP contribution in [0, 0.1) is 0 Å². The predicted octanol–water partition coefficient (Wildman–Crippen LogP) is 0.259. The first-order valence-electron chi connectivity index (χ1n) is 7.81. The van der Waals surface area contributed by atoms with E-state index in [4.69, 9.17) is 10.8 Å². The van der Waals surface area contributed by atoms with Crippen LogP contribution < -0.4 is 16.4 Å². The summed E-state index contributed by atoms with van der Waals surface area (Å²) < 4.78 is 0. The highest BCUT2D eigenvalue weighted by atomic mass is 16.4. The average Bonchev–Trinajstić information content (AvgIpc) is 2.54. The Morgan fingerprint density at radius 3 is 2.48 bits per heavy atom. The number of nitrogens with one attached hydrogen (secondary N) is 2. The van der Waals surface area contributed by atoms with Crippen LogP contribution in [0.5, 0.6) is 0 Å². The Hall–Kier alpha value is -2.94. The number of carbonyl (C=O) groups excluding carboxylic acids is 3. The van der Waals surface area contributed by atoms with E-state index in [1.165, 1.54) is 0 Å². The van der Waals surface area contributed by atoms with Crippen molar-refractivity contribution in [2.24, 2.45) is 5.73 Å². The van der Waals surface area contributed by atoms with Crippen molar-refractivity contribution in [3.8, 4) is 0 Å². The van der Waals surface area contributed by atoms with Gasteiger partial charge in [-0.1, -0.05) is 12.1 Å². The molecule has 1 aromatic carbocycles. The molecule has 4 amide bonds. The molecule has 1 heterocycles. The SMILES string of the molecule is NCc1ccc(NC(=O)N2C(=O)CC2CC(=O)NCCC(=O)O)cc1. The molecule has 0 radical (unpaired) electrons. The molecule has 1 unspecified atom stereocenters. The topological polar surface area (TPSA) is 142 Å². The largest absolute Gasteiger partial charge is 0.481 e. The Kier molecular flexibility index (Phi) is 6.07. The number of nitrogens with two attached hydrogens (primary N) is 1. The van der Waals surface area contributed by atoms with Crippen LogP contribution in [0.15, 0.2) is 24.3 Å². The van der Waals surface area contributed by atoms with Crippen LogP contribution in [0.4, 0.5) is 10.5 Å². The molecule has 134 valence electrons. The van der Waals surface area contributed by atoms with Gasteiger partial charge in [-0.3, -0.25) is 19.3 Å². The molecule has 0 spiro atoms. The molecule has 1 aliphatic heterocycles. The molecule has 0 saturated carbocycles. The van der Waals surface area contributed by atoms with Crippen LogP contribution in [0.25, 0.3) is 0 Å². The van der Waals surface area contributed by atoms with Gasteiger partial charge in [0.25, 0.3) is 0 Å². The number of β-lactam (4-membered cyclic amide) rings is 1. The highest BCUT2D eigenvalue weighted by molar-refractivity contribution is 6.05. The van der Waals surface area contributed by atoms with Crippen LogP contribution in [0.3, 0.4) is 0 Å². The second-order valence-electron chi connectivity index (χ2n) is 5.65. The first kappa shape index (κ1) is 18.4. The number of aliphatic carboxylic acids is 1. The molecular formula is C16H20N4O5. The fourth-order valence-electron chi connectivity index (χ4n) is 2.43. The number of nitrogens with zero attached hydrogens (tertiary/aromatic N) is 1. The minimum atomic E-state index is -1.01. The van der Waals surface area contributed by atoms with Crippen LogP contribution in [0.1, 0.15) is 24.8 Å². The van der Waals surface area contributed by atoms with Crippen molar-refractivity contribution in [3.63, 3.8) is 0 Å². The summed E-state index contributed by atoms with van der Waals surface area (Å²) in [6.07, 6.45) is -0.130. The van der Waals surface area contributed by atoms with Crippen LogP contribution >= 0.6 is 0 Å². The second-order valence-corrected chi connectivity index (χ2v) is 5.65. The number of likely N-dealkylation sites (tertiary alicyclic amines) is 1. The van der Waals surface area contributed by atoms with Crippen molar-refractivity contribution in [3.05, 3.63) is 29.8 Å². The maximum absolute atomic E-state index is 12.2. The zero-order valence-corrected chi connectivity index (χ0v) is 13.5. The van der Waals surface area contributed by atoms with Gasteiger partial charge < -0.3 is 21.5 Å². The number of amides is 4. The fraction of sp³-hybridized carbons (Fsp3) is 0.375. The van der Waals surface area contributed by atoms with Gasteiger partial charge in [0.2, 0.25) is 11.8 Å². The zero-order chi connectivity index (χ0) is 18.4. The van der Waals surface area contributed by atoms with E-state index in [-0.39, 0.29) is 31.7 Å². The van der Waals surface area contributed by atoms with E-state index in [1.54, 1.807) is 24.3 Å². The molecular weight excluding hydrogens is 328 g/mol. The first-order valence-corrected chi connectivity index (χ1v) is 7.81. The van der Waals surface area contributed by atoms with E-state index in [0.717, 1.165) is 10.5 Å². The number of rotatable bonds is 7. The van der Waals surface area contributed by atoms with Crippen LogP contribution in [-0.2, 0) is 20.9 Å². The lowest BCUT2D eigenvalue weighted by molar-refractivity contribution is -0.141. The molecule has 1 saturated heterocycles. The van der Waals surface area contributed by atoms with Gasteiger partial charge >= 0.3 is 12.0 Å². The molecule has 5 N–H and O–H groups in total. The minimum absolute atomic E-state index is 0.00845. The van der Waals surface area contributed by atoms with Crippen molar-refractivity contribution < 1.29 is 24.3 Å². The summed E-state index contributed by atoms with van der Waals surface area (Å²) in [5.41, 5.74) is 6.93. The number of anilines is 1. The standard InChI is InChI=1S/C16H20N4O5/c17-9-10-1-3-11(4-2-10)19-16(25)20-12(8-14(20)22)7-13(21)18-6-5-15(23)24/h1-4,12H,5-9,17H2,(H,18,21)(H,19,25)(H,23,24). The number of benzene rings is 1. The van der Waals surface area contributed by atoms with E-state index in [2.05, 4.69) is 10.6 Å². The van der Waals surface area contributed by atoms with Crippen LogP contribution in [0.2, 0.25) is 0 Å². The Balaban J connectivity index is 1.86. The molecule has 9 heteroatoms. The minimum Gasteiger partial charge on any atom is -0.481 e. The average molecular weight is 348 g/mol. The zero-order valence-electron chi connectivity index (χ0n) is 13.5. The Morgan fingerprint density at radius 2 is 1.92 bits per heavy atom. The van der Waals surface area contributed by atoms with E-state index in [0.29, 0.717) is 12.2 Å². The van der Waals surface area contributed by atoms with Gasteiger partial charge in [-0.05, 0) is 17.7 Å². The van der Waals surface area contributed by atoms with Crippen molar-refractivity contribution >= 4 is 29.5 Å². The van der Waals surface area contributed by atoms with Gasteiger partial charge in [-0.25, -0.2) is 4.79 Å². The lowest BCUT2D eigenvalue weighted by Crippen LogP contribution is -2.58. The Labute approximate surface area is 144 Å². The number of urea groups is 1. The maximum Gasteiger partial charge on any atom is 0.328 e. The molecule has 1 aromatic rings. The van der Waals surface area contributed by atoms with Gasteiger partial charge in [0, 0.05) is 31.6 Å². The molecule has 0 aromatic heterocycles. The van der Waals surface area contributed by atoms with Gasteiger partial charge in [-0.2, -0.15) is 0 Å². The molecule has 0 aliphatic carbocycles. The van der Waals surface area contributed by atoms with Gasteiger partial charge in [0.1, 0.15) is 0 Å². The maximum atomic E-state index is 12.2. The van der Waals surface area contributed by atoms with E-state index < -0.39 is 23.9 Å². The third kappa shape index (κ3) is 5.01. The third-order valence-corrected chi connectivity index (χ3v) is 3.79. The monoisotopic (exact) mass is 348 g/mol. The Morgan fingerprint density at radius 1 is 1.24 bits per heavy atom. The van der Waals surface area contributed by atoms with E-state index in [1.807, 2.05) is 0 Å². The molecule has 1 aliphatic rings. The summed E-state index contributed by atoms with van der Waals surface area (Å²) in [5.74, 6) is -1.77. The molecule has 1 atom stereocenters. The highest BCUT2D eigenvalue weighted by Crippen LogP contribution is 2.23. The van der Waals surface area contributed by atoms with E-state index in [9.17, 15) is 19.2 Å². The van der Waals surface area contributed by atoms with E-state index >= 15 is 0 Å². The lowest BCUT2D eigenvalue weighted by Gasteiger charge is -2.38. The fourth-order valence-corrected chi connectivity index (χ4v) is 2.43. The molecule has 2 rings (SSSR count). The van der Waals surface area contributed by atoms with Gasteiger partial charge in [-0.15, -0.1) is 0 Å². The number of carboxylic acid groups (broad SMARTS) is 1. The number of carbonyl (C=O) groups is 4. The summed E-state index contributed by atoms with van der Waals surface area (Å²) >= 11 is 0. The number of carboxylic acids is 1. The predicted molar refractivity (Wildman–Crippen MR) is 88.5 cm³/mol. The summed E-state index contributed by atoms with van der Waals surface area (Å²) in [4.78, 5) is 47.1. The second kappa shape index (κ2) is 8.25. The Bertz CT molecular complexity index is 674. The summed E-state index contributed by atoms with van der Waals surface area (Å²) in [7, 11) is 0. The summed E-state index contributed by atoms with van der Waals surface area (Å²) in [6.45, 7) is 0.395. The normalized spacial score (nSPS) is 16.1. The molecule has 0 bridgehead atoms. The lowest BCUT2D eigenvalue weighted by atomic mass is 9.98. The number of hydrogen-bond acceptors (Lipinski definition) is 5. The van der Waals surface area contributed by atoms with Crippen molar-refractivity contribution in [2.75, 3.05) is 11.9 Å². The van der Waals surface area contributed by atoms with Crippen molar-refractivity contribution in [2.45, 2.75) is 31.8 Å². The third-order valence-electron chi connectivity index (χ3n) is 3.79.